The van der Waals surface area contributed by atoms with Crippen LogP contribution in [-0.2, 0) is 10.3 Å². The van der Waals surface area contributed by atoms with Gasteiger partial charge in [0.05, 0.1) is 12.1 Å². The van der Waals surface area contributed by atoms with E-state index in [1.165, 1.54) is 24.8 Å². The fourth-order valence-corrected chi connectivity index (χ4v) is 5.93. The quantitative estimate of drug-likeness (QED) is 0.648. The molecule has 32 heavy (non-hydrogen) atoms. The van der Waals surface area contributed by atoms with Gasteiger partial charge in [0.25, 0.3) is 0 Å². The maximum atomic E-state index is 13.4. The van der Waals surface area contributed by atoms with Crippen LogP contribution in [0.4, 0.5) is 4.79 Å². The molecule has 0 radical (unpaired) electrons. The maximum Gasteiger partial charge on any atom is 0.321 e. The summed E-state index contributed by atoms with van der Waals surface area (Å²) >= 11 is 0. The predicted octanol–water partition coefficient (Wildman–Crippen LogP) is 2.40. The van der Waals surface area contributed by atoms with Gasteiger partial charge in [0.1, 0.15) is 6.54 Å². The summed E-state index contributed by atoms with van der Waals surface area (Å²) in [5, 5.41) is 11.7. The maximum absolute atomic E-state index is 13.4. The van der Waals surface area contributed by atoms with E-state index in [1.807, 2.05) is 0 Å². The molecule has 1 aliphatic heterocycles. The Kier molecular flexibility index (Phi) is 6.77. The van der Waals surface area contributed by atoms with E-state index in [0.717, 1.165) is 32.2 Å². The van der Waals surface area contributed by atoms with Gasteiger partial charge in [-0.3, -0.25) is 9.69 Å². The van der Waals surface area contributed by atoms with Gasteiger partial charge in [0.2, 0.25) is 5.91 Å². The Balaban J connectivity index is 1.54. The van der Waals surface area contributed by atoms with Crippen LogP contribution in [0, 0.1) is 5.92 Å². The second-order valence-corrected chi connectivity index (χ2v) is 10.1. The molecule has 7 heteroatoms. The summed E-state index contributed by atoms with van der Waals surface area (Å²) < 4.78 is 0. The van der Waals surface area contributed by atoms with Crippen LogP contribution < -0.4 is 5.32 Å². The van der Waals surface area contributed by atoms with Crippen LogP contribution in [0.1, 0.15) is 50.5 Å². The van der Waals surface area contributed by atoms with Crippen LogP contribution in [-0.4, -0.2) is 84.2 Å². The van der Waals surface area contributed by atoms with Gasteiger partial charge in [-0.25, -0.2) is 4.79 Å². The van der Waals surface area contributed by atoms with Gasteiger partial charge < -0.3 is 20.2 Å². The van der Waals surface area contributed by atoms with Crippen molar-refractivity contribution in [2.45, 2.75) is 56.0 Å². The van der Waals surface area contributed by atoms with Crippen molar-refractivity contribution in [1.29, 1.82) is 0 Å². The molecule has 3 amide bonds. The molecule has 1 aromatic rings. The lowest BCUT2D eigenvalue weighted by molar-refractivity contribution is -0.121. The number of carbonyl (C=O) groups excluding carboxylic acids is 2. The van der Waals surface area contributed by atoms with E-state index in [9.17, 15) is 9.59 Å². The van der Waals surface area contributed by atoms with Crippen LogP contribution in [0.25, 0.3) is 0 Å². The molecule has 2 N–H and O–H groups in total. The second kappa shape index (κ2) is 9.40. The number of benzene rings is 1. The first-order valence-electron chi connectivity index (χ1n) is 12.1. The van der Waals surface area contributed by atoms with Gasteiger partial charge in [0.15, 0.2) is 0 Å². The largest absolute Gasteiger partial charge is 0.395 e. The number of hydrogen-bond donors (Lipinski definition) is 2. The third-order valence-corrected chi connectivity index (χ3v) is 8.17. The number of hydrogen-bond acceptors (Lipinski definition) is 4. The highest BCUT2D eigenvalue weighted by molar-refractivity contribution is 5.86. The van der Waals surface area contributed by atoms with E-state index in [-0.39, 0.29) is 42.7 Å². The zero-order valence-corrected chi connectivity index (χ0v) is 19.6. The molecule has 176 valence electrons. The van der Waals surface area contributed by atoms with Crippen LogP contribution in [0.3, 0.4) is 0 Å². The van der Waals surface area contributed by atoms with Crippen molar-refractivity contribution in [2.75, 3.05) is 46.9 Å². The molecule has 3 fully saturated rings. The third-order valence-electron chi connectivity index (χ3n) is 8.17. The van der Waals surface area contributed by atoms with Gasteiger partial charge in [-0.05, 0) is 64.1 Å². The van der Waals surface area contributed by atoms with Crippen molar-refractivity contribution in [1.82, 2.24) is 20.0 Å². The Hall–Kier alpha value is -2.12. The van der Waals surface area contributed by atoms with Crippen LogP contribution in [0.2, 0.25) is 0 Å². The van der Waals surface area contributed by atoms with Gasteiger partial charge in [-0.15, -0.1) is 0 Å². The first-order valence-corrected chi connectivity index (χ1v) is 12.1. The minimum Gasteiger partial charge on any atom is -0.395 e. The SMILES string of the molecule is CN(C)[C@]1(c2ccccc2)CC[C@@]2(CC1)CN(CC(=O)NCCO)C(=O)N2CC1CCC1. The molecule has 1 saturated heterocycles. The minimum absolute atomic E-state index is 0.00751. The zero-order valence-electron chi connectivity index (χ0n) is 19.6. The lowest BCUT2D eigenvalue weighted by Crippen LogP contribution is -2.56. The standard InChI is InChI=1S/C25H38N4O3/c1-27(2)25(21-9-4-3-5-10-21)13-11-24(12-14-25)19-28(18-22(31)26-15-16-30)23(32)29(24)17-20-7-6-8-20/h3-5,9-10,20,30H,6-8,11-19H2,1-2H3,(H,26,31)/t24-,25-. The highest BCUT2D eigenvalue weighted by Crippen LogP contribution is 2.49. The number of urea groups is 1. The normalized spacial score (nSPS) is 28.4. The van der Waals surface area contributed by atoms with E-state index in [1.54, 1.807) is 4.90 Å². The lowest BCUT2D eigenvalue weighted by atomic mass is 9.68. The van der Waals surface area contributed by atoms with Gasteiger partial charge in [-0.2, -0.15) is 0 Å². The summed E-state index contributed by atoms with van der Waals surface area (Å²) in [4.78, 5) is 32.0. The van der Waals surface area contributed by atoms with Crippen molar-refractivity contribution in [3.63, 3.8) is 0 Å². The predicted molar refractivity (Wildman–Crippen MR) is 124 cm³/mol. The van der Waals surface area contributed by atoms with Gasteiger partial charge >= 0.3 is 6.03 Å². The van der Waals surface area contributed by atoms with Gasteiger partial charge in [0, 0.05) is 25.2 Å². The molecule has 0 atom stereocenters. The number of nitrogens with zero attached hydrogens (tertiary/aromatic N) is 3. The minimum atomic E-state index is -0.198. The highest BCUT2D eigenvalue weighted by atomic mass is 16.3. The molecular formula is C25H38N4O3. The van der Waals surface area contributed by atoms with Crippen molar-refractivity contribution in [3.8, 4) is 0 Å². The van der Waals surface area contributed by atoms with Crippen molar-refractivity contribution >= 4 is 11.9 Å². The molecule has 1 spiro atoms. The summed E-state index contributed by atoms with van der Waals surface area (Å²) in [7, 11) is 4.32. The zero-order chi connectivity index (χ0) is 22.8. The van der Waals surface area contributed by atoms with E-state index in [4.69, 9.17) is 5.11 Å². The fraction of sp³-hybridized carbons (Fsp3) is 0.680. The Bertz CT molecular complexity index is 801. The molecule has 0 bridgehead atoms. The molecule has 1 aromatic carbocycles. The number of nitrogens with one attached hydrogen (secondary N) is 1. The third kappa shape index (κ3) is 4.25. The summed E-state index contributed by atoms with van der Waals surface area (Å²) in [6, 6.07) is 10.7. The van der Waals surface area contributed by atoms with Crippen molar-refractivity contribution in [2.24, 2.45) is 5.92 Å². The molecular weight excluding hydrogens is 404 g/mol. The lowest BCUT2D eigenvalue weighted by Gasteiger charge is -2.51. The Morgan fingerprint density at radius 3 is 2.41 bits per heavy atom. The summed E-state index contributed by atoms with van der Waals surface area (Å²) in [5.74, 6) is 0.393. The number of amides is 3. The highest BCUT2D eigenvalue weighted by Gasteiger charge is 2.55. The van der Waals surface area contributed by atoms with Crippen molar-refractivity contribution < 1.29 is 14.7 Å². The topological polar surface area (TPSA) is 76.1 Å². The monoisotopic (exact) mass is 442 g/mol. The van der Waals surface area contributed by atoms with E-state index in [0.29, 0.717) is 12.5 Å². The van der Waals surface area contributed by atoms with E-state index in [2.05, 4.69) is 59.5 Å². The smallest absolute Gasteiger partial charge is 0.321 e. The van der Waals surface area contributed by atoms with E-state index >= 15 is 0 Å². The second-order valence-electron chi connectivity index (χ2n) is 10.1. The summed E-state index contributed by atoms with van der Waals surface area (Å²) in [6.07, 6.45) is 7.50. The average Bonchev–Trinajstić information content (AvgIpc) is 3.00. The van der Waals surface area contributed by atoms with Crippen LogP contribution in [0.5, 0.6) is 0 Å². The Morgan fingerprint density at radius 2 is 1.84 bits per heavy atom. The summed E-state index contributed by atoms with van der Waals surface area (Å²) in [5.41, 5.74) is 1.12. The molecule has 2 saturated carbocycles. The number of aliphatic hydroxyl groups excluding tert-OH is 1. The number of carbonyl (C=O) groups is 2. The molecule has 1 heterocycles. The molecule has 3 aliphatic rings. The Labute approximate surface area is 191 Å². The number of rotatable bonds is 8. The van der Waals surface area contributed by atoms with Crippen molar-refractivity contribution in [3.05, 3.63) is 35.9 Å². The van der Waals surface area contributed by atoms with Gasteiger partial charge in [-0.1, -0.05) is 36.8 Å². The molecule has 4 rings (SSSR count). The first-order chi connectivity index (χ1) is 15.4. The first kappa shape index (κ1) is 23.1. The van der Waals surface area contributed by atoms with E-state index < -0.39 is 0 Å². The molecule has 0 unspecified atom stereocenters. The number of aliphatic hydroxyl groups is 1. The molecule has 2 aliphatic carbocycles. The fourth-order valence-electron chi connectivity index (χ4n) is 5.93. The Morgan fingerprint density at radius 1 is 1.16 bits per heavy atom. The average molecular weight is 443 g/mol. The molecule has 0 aromatic heterocycles. The van der Waals surface area contributed by atoms with Crippen LogP contribution >= 0.6 is 0 Å². The summed E-state index contributed by atoms with van der Waals surface area (Å²) in [6.45, 7) is 1.63. The van der Waals surface area contributed by atoms with Crippen LogP contribution in [0.15, 0.2) is 30.3 Å². The molecule has 7 nitrogen and oxygen atoms in total.